The Bertz CT molecular complexity index is 586. The van der Waals surface area contributed by atoms with Crippen molar-refractivity contribution in [2.45, 2.75) is 33.4 Å². The summed E-state index contributed by atoms with van der Waals surface area (Å²) in [4.78, 5) is 12.2. The molecule has 0 unspecified atom stereocenters. The van der Waals surface area contributed by atoms with Crippen LogP contribution in [0.25, 0.3) is 0 Å². The first-order chi connectivity index (χ1) is 9.65. The molecule has 0 atom stereocenters. The van der Waals surface area contributed by atoms with Gasteiger partial charge < -0.3 is 11.1 Å². The molecule has 1 aromatic heterocycles. The van der Waals surface area contributed by atoms with E-state index in [-0.39, 0.29) is 5.91 Å². The van der Waals surface area contributed by atoms with Crippen molar-refractivity contribution in [3.63, 3.8) is 0 Å². The molecule has 5 heteroatoms. The highest BCUT2D eigenvalue weighted by Crippen LogP contribution is 2.11. The molecule has 0 fully saturated rings. The summed E-state index contributed by atoms with van der Waals surface area (Å²) in [7, 11) is 0. The molecule has 0 radical (unpaired) electrons. The van der Waals surface area contributed by atoms with Gasteiger partial charge in [0.25, 0.3) is 5.91 Å². The molecule has 1 heterocycles. The van der Waals surface area contributed by atoms with Gasteiger partial charge in [-0.25, -0.2) is 0 Å². The Balaban J connectivity index is 2.02. The Hall–Kier alpha value is -2.30. The lowest BCUT2D eigenvalue weighted by Gasteiger charge is -2.08. The maximum Gasteiger partial charge on any atom is 0.271 e. The molecular weight excluding hydrogens is 252 g/mol. The third-order valence-corrected chi connectivity index (χ3v) is 3.27. The molecular formula is C15H20N4O. The average Bonchev–Trinajstić information content (AvgIpc) is 2.86. The third-order valence-electron chi connectivity index (χ3n) is 3.27. The summed E-state index contributed by atoms with van der Waals surface area (Å²) < 4.78 is 1.60. The average molecular weight is 272 g/mol. The first kappa shape index (κ1) is 14.1. The minimum Gasteiger partial charge on any atom is -0.396 e. The zero-order valence-electron chi connectivity index (χ0n) is 11.9. The van der Waals surface area contributed by atoms with Crippen LogP contribution >= 0.6 is 0 Å². The second-order valence-corrected chi connectivity index (χ2v) is 4.62. The monoisotopic (exact) mass is 272 g/mol. The zero-order chi connectivity index (χ0) is 14.5. The fourth-order valence-corrected chi connectivity index (χ4v) is 2.05. The molecule has 0 bridgehead atoms. The minimum absolute atomic E-state index is 0.193. The highest BCUT2D eigenvalue weighted by molar-refractivity contribution is 5.97. The number of carbonyl (C=O) groups is 1. The number of amides is 1. The van der Waals surface area contributed by atoms with Gasteiger partial charge in [-0.15, -0.1) is 0 Å². The number of anilines is 1. The first-order valence-electron chi connectivity index (χ1n) is 6.83. The smallest absolute Gasteiger partial charge is 0.271 e. The lowest BCUT2D eigenvalue weighted by atomic mass is 10.1. The predicted molar refractivity (Wildman–Crippen MR) is 79.3 cm³/mol. The summed E-state index contributed by atoms with van der Waals surface area (Å²) in [5.74, 6) is -0.193. The maximum absolute atomic E-state index is 12.2. The molecule has 0 saturated heterocycles. The van der Waals surface area contributed by atoms with E-state index in [1.54, 1.807) is 4.68 Å². The van der Waals surface area contributed by atoms with Crippen molar-refractivity contribution in [3.05, 3.63) is 47.3 Å². The standard InChI is InChI=1S/C15H20N4O/c1-3-11-5-7-12(8-6-11)9-17-15(20)14-13(16)10-18-19(14)4-2/h5-8,10H,3-4,9,16H2,1-2H3,(H,17,20). The number of aromatic nitrogens is 2. The van der Waals surface area contributed by atoms with E-state index >= 15 is 0 Å². The first-order valence-corrected chi connectivity index (χ1v) is 6.83. The van der Waals surface area contributed by atoms with Crippen molar-refractivity contribution >= 4 is 11.6 Å². The van der Waals surface area contributed by atoms with Crippen molar-refractivity contribution < 1.29 is 4.79 Å². The Morgan fingerprint density at radius 3 is 2.50 bits per heavy atom. The van der Waals surface area contributed by atoms with Gasteiger partial charge in [0.1, 0.15) is 5.69 Å². The Morgan fingerprint density at radius 1 is 1.25 bits per heavy atom. The minimum atomic E-state index is -0.193. The van der Waals surface area contributed by atoms with Crippen LogP contribution in [0.15, 0.2) is 30.5 Å². The van der Waals surface area contributed by atoms with Crippen LogP contribution in [0.1, 0.15) is 35.5 Å². The molecule has 2 rings (SSSR count). The van der Waals surface area contributed by atoms with Gasteiger partial charge in [-0.3, -0.25) is 9.48 Å². The maximum atomic E-state index is 12.2. The Kier molecular flexibility index (Phi) is 4.40. The second-order valence-electron chi connectivity index (χ2n) is 4.62. The van der Waals surface area contributed by atoms with Crippen molar-refractivity contribution in [1.82, 2.24) is 15.1 Å². The lowest BCUT2D eigenvalue weighted by molar-refractivity contribution is 0.0941. The molecule has 0 aliphatic rings. The van der Waals surface area contributed by atoms with Gasteiger partial charge in [0.2, 0.25) is 0 Å². The SMILES string of the molecule is CCc1ccc(CNC(=O)c2c(N)cnn2CC)cc1. The fourth-order valence-electron chi connectivity index (χ4n) is 2.05. The number of hydrogen-bond acceptors (Lipinski definition) is 3. The highest BCUT2D eigenvalue weighted by atomic mass is 16.2. The fraction of sp³-hybridized carbons (Fsp3) is 0.333. The van der Waals surface area contributed by atoms with Crippen LogP contribution < -0.4 is 11.1 Å². The number of aryl methyl sites for hydroxylation is 2. The number of nitrogens with two attached hydrogens (primary N) is 1. The lowest BCUT2D eigenvalue weighted by Crippen LogP contribution is -2.26. The van der Waals surface area contributed by atoms with Gasteiger partial charge in [-0.2, -0.15) is 5.10 Å². The summed E-state index contributed by atoms with van der Waals surface area (Å²) >= 11 is 0. The molecule has 0 spiro atoms. The normalized spacial score (nSPS) is 10.5. The van der Waals surface area contributed by atoms with Gasteiger partial charge in [0, 0.05) is 13.1 Å². The summed E-state index contributed by atoms with van der Waals surface area (Å²) in [5, 5.41) is 6.94. The molecule has 3 N–H and O–H groups in total. The van der Waals surface area contributed by atoms with Crippen molar-refractivity contribution in [1.29, 1.82) is 0 Å². The van der Waals surface area contributed by atoms with E-state index in [1.807, 2.05) is 19.1 Å². The van der Waals surface area contributed by atoms with Gasteiger partial charge in [0.15, 0.2) is 0 Å². The summed E-state index contributed by atoms with van der Waals surface area (Å²) in [5.41, 5.74) is 8.97. The molecule has 0 aliphatic heterocycles. The number of nitrogen functional groups attached to an aromatic ring is 1. The van der Waals surface area contributed by atoms with Crippen LogP contribution in [-0.2, 0) is 19.5 Å². The van der Waals surface area contributed by atoms with Crippen LogP contribution in [0.2, 0.25) is 0 Å². The highest BCUT2D eigenvalue weighted by Gasteiger charge is 2.15. The molecule has 106 valence electrons. The Morgan fingerprint density at radius 2 is 1.90 bits per heavy atom. The van der Waals surface area contributed by atoms with E-state index in [4.69, 9.17) is 5.73 Å². The van der Waals surface area contributed by atoms with E-state index in [2.05, 4.69) is 29.5 Å². The van der Waals surface area contributed by atoms with Gasteiger partial charge in [0.05, 0.1) is 11.9 Å². The number of nitrogens with zero attached hydrogens (tertiary/aromatic N) is 2. The number of rotatable bonds is 5. The van der Waals surface area contributed by atoms with Crippen LogP contribution in [0.4, 0.5) is 5.69 Å². The molecule has 5 nitrogen and oxygen atoms in total. The summed E-state index contributed by atoms with van der Waals surface area (Å²) in [6.07, 6.45) is 2.52. The van der Waals surface area contributed by atoms with E-state index < -0.39 is 0 Å². The van der Waals surface area contributed by atoms with Crippen LogP contribution in [0.5, 0.6) is 0 Å². The van der Waals surface area contributed by atoms with Gasteiger partial charge in [-0.1, -0.05) is 31.2 Å². The van der Waals surface area contributed by atoms with Crippen LogP contribution in [0.3, 0.4) is 0 Å². The molecule has 2 aromatic rings. The molecule has 1 amide bonds. The van der Waals surface area contributed by atoms with Crippen LogP contribution in [0, 0.1) is 0 Å². The van der Waals surface area contributed by atoms with E-state index in [9.17, 15) is 4.79 Å². The number of hydrogen-bond donors (Lipinski definition) is 2. The quantitative estimate of drug-likeness (QED) is 0.874. The van der Waals surface area contributed by atoms with E-state index in [0.29, 0.717) is 24.5 Å². The number of benzene rings is 1. The van der Waals surface area contributed by atoms with Gasteiger partial charge >= 0.3 is 0 Å². The van der Waals surface area contributed by atoms with Crippen molar-refractivity contribution in [2.75, 3.05) is 5.73 Å². The van der Waals surface area contributed by atoms with E-state index in [0.717, 1.165) is 12.0 Å². The number of carbonyl (C=O) groups excluding carboxylic acids is 1. The second kappa shape index (κ2) is 6.23. The topological polar surface area (TPSA) is 72.9 Å². The molecule has 0 saturated carbocycles. The third kappa shape index (κ3) is 2.99. The summed E-state index contributed by atoms with van der Waals surface area (Å²) in [6.45, 7) is 5.14. The zero-order valence-corrected chi connectivity index (χ0v) is 11.9. The largest absolute Gasteiger partial charge is 0.396 e. The predicted octanol–water partition coefficient (Wildman–Crippen LogP) is 1.98. The van der Waals surface area contributed by atoms with Crippen LogP contribution in [-0.4, -0.2) is 15.7 Å². The van der Waals surface area contributed by atoms with Crippen molar-refractivity contribution in [3.8, 4) is 0 Å². The van der Waals surface area contributed by atoms with E-state index in [1.165, 1.54) is 11.8 Å². The molecule has 0 aliphatic carbocycles. The number of nitrogens with one attached hydrogen (secondary N) is 1. The van der Waals surface area contributed by atoms with Crippen molar-refractivity contribution in [2.24, 2.45) is 0 Å². The van der Waals surface area contributed by atoms with Gasteiger partial charge in [-0.05, 0) is 24.5 Å². The molecule has 1 aromatic carbocycles. The Labute approximate surface area is 118 Å². The molecule has 20 heavy (non-hydrogen) atoms. The summed E-state index contributed by atoms with van der Waals surface area (Å²) in [6, 6.07) is 8.21.